The molecule has 1 N–H and O–H groups in total. The number of hydrogen-bond acceptors (Lipinski definition) is 4. The van der Waals surface area contributed by atoms with E-state index in [4.69, 9.17) is 9.15 Å². The summed E-state index contributed by atoms with van der Waals surface area (Å²) in [6.07, 6.45) is 2.08. The third-order valence-electron chi connectivity index (χ3n) is 5.04. The van der Waals surface area contributed by atoms with Crippen molar-refractivity contribution < 1.29 is 13.9 Å². The normalized spacial score (nSPS) is 17.1. The molecular weight excluding hydrogens is 432 g/mol. The molecular formula is C23H23BrN2O3. The Kier molecular flexibility index (Phi) is 5.83. The molecule has 0 aliphatic carbocycles. The number of rotatable bonds is 4. The molecule has 2 aromatic carbocycles. The van der Waals surface area contributed by atoms with Crippen LogP contribution >= 0.6 is 15.9 Å². The van der Waals surface area contributed by atoms with Gasteiger partial charge in [0.05, 0.1) is 11.8 Å². The first-order chi connectivity index (χ1) is 14.0. The highest BCUT2D eigenvalue weighted by Crippen LogP contribution is 2.22. The maximum Gasteiger partial charge on any atom is 0.256 e. The van der Waals surface area contributed by atoms with Gasteiger partial charge >= 0.3 is 0 Å². The molecule has 2 heterocycles. The van der Waals surface area contributed by atoms with Crippen LogP contribution in [0.15, 0.2) is 56.3 Å². The Bertz CT molecular complexity index is 1130. The van der Waals surface area contributed by atoms with Gasteiger partial charge in [0.1, 0.15) is 11.1 Å². The summed E-state index contributed by atoms with van der Waals surface area (Å²) in [4.78, 5) is 17.7. The van der Waals surface area contributed by atoms with Crippen molar-refractivity contribution in [2.45, 2.75) is 32.8 Å². The minimum atomic E-state index is -0.213. The highest BCUT2D eigenvalue weighted by Gasteiger charge is 2.18. The number of carbonyl (C=O) groups is 1. The molecule has 29 heavy (non-hydrogen) atoms. The van der Waals surface area contributed by atoms with E-state index in [1.165, 1.54) is 0 Å². The molecule has 1 aromatic heterocycles. The third kappa shape index (κ3) is 4.60. The molecule has 0 unspecified atom stereocenters. The molecule has 0 radical (unpaired) electrons. The van der Waals surface area contributed by atoms with Crippen LogP contribution in [0.2, 0.25) is 0 Å². The van der Waals surface area contributed by atoms with Crippen LogP contribution in [-0.4, -0.2) is 25.2 Å². The SMILES string of the molecule is Cc1ccc(N=c2oc3ccc(Br)cc3cc2C(=O)NC[C@@H]2CCCO2)c(C)c1. The predicted molar refractivity (Wildman–Crippen MR) is 116 cm³/mol. The monoisotopic (exact) mass is 454 g/mol. The van der Waals surface area contributed by atoms with Crippen LogP contribution in [0.25, 0.3) is 11.0 Å². The molecule has 3 aromatic rings. The highest BCUT2D eigenvalue weighted by molar-refractivity contribution is 9.10. The lowest BCUT2D eigenvalue weighted by atomic mass is 10.1. The van der Waals surface area contributed by atoms with Gasteiger partial charge in [-0.15, -0.1) is 0 Å². The summed E-state index contributed by atoms with van der Waals surface area (Å²) in [6, 6.07) is 13.5. The largest absolute Gasteiger partial charge is 0.438 e. The van der Waals surface area contributed by atoms with Gasteiger partial charge in [-0.1, -0.05) is 33.6 Å². The Hall–Kier alpha value is -2.44. The number of carbonyl (C=O) groups excluding carboxylic acids is 1. The van der Waals surface area contributed by atoms with E-state index in [9.17, 15) is 4.79 Å². The first kappa shape index (κ1) is 19.9. The Balaban J connectivity index is 1.78. The molecule has 1 aliphatic rings. The molecule has 0 spiro atoms. The van der Waals surface area contributed by atoms with Crippen molar-refractivity contribution in [3.05, 3.63) is 69.2 Å². The second-order valence-electron chi connectivity index (χ2n) is 7.39. The van der Waals surface area contributed by atoms with E-state index in [0.29, 0.717) is 23.2 Å². The Morgan fingerprint density at radius 1 is 1.21 bits per heavy atom. The number of hydrogen-bond donors (Lipinski definition) is 1. The molecule has 4 rings (SSSR count). The summed E-state index contributed by atoms with van der Waals surface area (Å²) in [5.74, 6) is -0.213. The summed E-state index contributed by atoms with van der Waals surface area (Å²) in [5.41, 5.74) is 4.36. The standard InChI is InChI=1S/C23H23BrN2O3/c1-14-5-7-20(15(2)10-14)26-23-19(22(27)25-13-18-4-3-9-28-18)12-16-11-17(24)6-8-21(16)29-23/h5-8,10-12,18H,3-4,9,13H2,1-2H3,(H,25,27)/t18-/m0/s1. The Labute approximate surface area is 177 Å². The molecule has 1 amide bonds. The molecule has 6 heteroatoms. The number of nitrogens with zero attached hydrogens (tertiary/aromatic N) is 1. The molecule has 1 atom stereocenters. The second kappa shape index (κ2) is 8.51. The number of nitrogens with one attached hydrogen (secondary N) is 1. The van der Waals surface area contributed by atoms with Gasteiger partial charge < -0.3 is 14.5 Å². The minimum Gasteiger partial charge on any atom is -0.438 e. The lowest BCUT2D eigenvalue weighted by molar-refractivity contribution is 0.0854. The molecule has 0 bridgehead atoms. The van der Waals surface area contributed by atoms with Crippen LogP contribution < -0.4 is 10.9 Å². The summed E-state index contributed by atoms with van der Waals surface area (Å²) in [5, 5.41) is 3.81. The van der Waals surface area contributed by atoms with Gasteiger partial charge in [0, 0.05) is 23.0 Å². The van der Waals surface area contributed by atoms with E-state index in [1.54, 1.807) is 0 Å². The number of aryl methyl sites for hydroxylation is 2. The lowest BCUT2D eigenvalue weighted by Gasteiger charge is -2.11. The third-order valence-corrected chi connectivity index (χ3v) is 5.54. The molecule has 5 nitrogen and oxygen atoms in total. The van der Waals surface area contributed by atoms with E-state index < -0.39 is 0 Å². The number of amides is 1. The zero-order valence-corrected chi connectivity index (χ0v) is 18.1. The summed E-state index contributed by atoms with van der Waals surface area (Å²) >= 11 is 3.48. The molecule has 0 saturated carbocycles. The second-order valence-corrected chi connectivity index (χ2v) is 8.31. The Morgan fingerprint density at radius 3 is 2.83 bits per heavy atom. The van der Waals surface area contributed by atoms with Gasteiger partial charge in [-0.3, -0.25) is 4.79 Å². The smallest absolute Gasteiger partial charge is 0.256 e. The first-order valence-corrected chi connectivity index (χ1v) is 10.5. The number of fused-ring (bicyclic) bond motifs is 1. The highest BCUT2D eigenvalue weighted by atomic mass is 79.9. The van der Waals surface area contributed by atoms with Crippen LogP contribution in [-0.2, 0) is 4.74 Å². The van der Waals surface area contributed by atoms with Crippen LogP contribution in [0.5, 0.6) is 0 Å². The molecule has 1 aliphatic heterocycles. The van der Waals surface area contributed by atoms with E-state index in [2.05, 4.69) is 32.3 Å². The van der Waals surface area contributed by atoms with Gasteiger partial charge in [0.25, 0.3) is 5.91 Å². The van der Waals surface area contributed by atoms with Crippen molar-refractivity contribution in [3.8, 4) is 0 Å². The van der Waals surface area contributed by atoms with Crippen molar-refractivity contribution >= 4 is 38.5 Å². The maximum absolute atomic E-state index is 13.0. The number of benzene rings is 2. The predicted octanol–water partition coefficient (Wildman–Crippen LogP) is 4.95. The van der Waals surface area contributed by atoms with Crippen LogP contribution in [0.4, 0.5) is 5.69 Å². The van der Waals surface area contributed by atoms with Crippen molar-refractivity contribution in [2.75, 3.05) is 13.2 Å². The summed E-state index contributed by atoms with van der Waals surface area (Å²) in [6.45, 7) is 5.28. The van der Waals surface area contributed by atoms with Gasteiger partial charge in [0.15, 0.2) is 0 Å². The van der Waals surface area contributed by atoms with Crippen LogP contribution in [0.3, 0.4) is 0 Å². The van der Waals surface area contributed by atoms with Gasteiger partial charge in [-0.25, -0.2) is 4.99 Å². The summed E-state index contributed by atoms with van der Waals surface area (Å²) < 4.78 is 12.6. The zero-order chi connectivity index (χ0) is 20.4. The first-order valence-electron chi connectivity index (χ1n) is 9.75. The van der Waals surface area contributed by atoms with Gasteiger partial charge in [-0.2, -0.15) is 0 Å². The van der Waals surface area contributed by atoms with E-state index >= 15 is 0 Å². The lowest BCUT2D eigenvalue weighted by Crippen LogP contribution is -2.34. The Morgan fingerprint density at radius 2 is 2.07 bits per heavy atom. The van der Waals surface area contributed by atoms with Crippen molar-refractivity contribution in [1.29, 1.82) is 0 Å². The van der Waals surface area contributed by atoms with Crippen molar-refractivity contribution in [3.63, 3.8) is 0 Å². The van der Waals surface area contributed by atoms with E-state index in [-0.39, 0.29) is 12.0 Å². The van der Waals surface area contributed by atoms with Crippen LogP contribution in [0, 0.1) is 13.8 Å². The number of ether oxygens (including phenoxy) is 1. The molecule has 1 saturated heterocycles. The van der Waals surface area contributed by atoms with Gasteiger partial charge in [-0.05, 0) is 62.6 Å². The quantitative estimate of drug-likeness (QED) is 0.606. The topological polar surface area (TPSA) is 63.8 Å². The average molecular weight is 455 g/mol. The zero-order valence-electron chi connectivity index (χ0n) is 16.5. The van der Waals surface area contributed by atoms with Crippen LogP contribution in [0.1, 0.15) is 34.3 Å². The fourth-order valence-electron chi connectivity index (χ4n) is 3.49. The minimum absolute atomic E-state index is 0.0743. The number of halogens is 1. The fraction of sp³-hybridized carbons (Fsp3) is 0.304. The van der Waals surface area contributed by atoms with Crippen molar-refractivity contribution in [1.82, 2.24) is 5.32 Å². The maximum atomic E-state index is 13.0. The molecule has 150 valence electrons. The molecule has 1 fully saturated rings. The van der Waals surface area contributed by atoms with E-state index in [1.807, 2.05) is 50.2 Å². The summed E-state index contributed by atoms with van der Waals surface area (Å²) in [7, 11) is 0. The fourth-order valence-corrected chi connectivity index (χ4v) is 3.87. The van der Waals surface area contributed by atoms with E-state index in [0.717, 1.165) is 46.1 Å². The van der Waals surface area contributed by atoms with Gasteiger partial charge in [0.2, 0.25) is 5.55 Å². The van der Waals surface area contributed by atoms with Crippen molar-refractivity contribution in [2.24, 2.45) is 4.99 Å². The average Bonchev–Trinajstić information content (AvgIpc) is 3.21.